The number of benzene rings is 3. The number of nitrogens with zero attached hydrogens (tertiary/aromatic N) is 1. The van der Waals surface area contributed by atoms with E-state index in [1.165, 1.54) is 33.4 Å². The van der Waals surface area contributed by atoms with E-state index >= 15 is 0 Å². The van der Waals surface area contributed by atoms with Crippen molar-refractivity contribution in [3.8, 4) is 11.5 Å². The summed E-state index contributed by atoms with van der Waals surface area (Å²) in [7, 11) is 0.714. The first-order valence-corrected chi connectivity index (χ1v) is 10.9. The van der Waals surface area contributed by atoms with Crippen LogP contribution in [0.15, 0.2) is 54.6 Å². The zero-order chi connectivity index (χ0) is 21.9. The predicted octanol–water partition coefficient (Wildman–Crippen LogP) is 3.90. The van der Waals surface area contributed by atoms with Gasteiger partial charge in [0.15, 0.2) is 11.5 Å². The molecule has 3 aromatic carbocycles. The predicted molar refractivity (Wildman–Crippen MR) is 119 cm³/mol. The molecular weight excluding hydrogens is 404 g/mol. The van der Waals surface area contributed by atoms with E-state index in [1.807, 2.05) is 36.4 Å². The van der Waals surface area contributed by atoms with Crippen LogP contribution in [0, 0.1) is 0 Å². The topological polar surface area (TPSA) is 84.9 Å². The van der Waals surface area contributed by atoms with Gasteiger partial charge in [0, 0.05) is 24.2 Å². The Hall–Kier alpha value is -3.26. The summed E-state index contributed by atoms with van der Waals surface area (Å²) in [4.78, 5) is 13.2. The number of hydrogen-bond donors (Lipinski definition) is 1. The van der Waals surface area contributed by atoms with Crippen molar-refractivity contribution in [3.05, 3.63) is 60.2 Å². The Bertz CT molecular complexity index is 1190. The van der Waals surface area contributed by atoms with Gasteiger partial charge in [-0.05, 0) is 24.4 Å². The fourth-order valence-corrected chi connectivity index (χ4v) is 4.02. The Morgan fingerprint density at radius 1 is 1.00 bits per heavy atom. The van der Waals surface area contributed by atoms with Crippen LogP contribution >= 0.6 is 0 Å². The minimum atomic E-state index is -3.60. The summed E-state index contributed by atoms with van der Waals surface area (Å²) >= 11 is 0. The smallest absolute Gasteiger partial charge is 0.257 e. The third-order valence-corrected chi connectivity index (χ3v) is 6.67. The lowest BCUT2D eigenvalue weighted by molar-refractivity contribution is 0.102. The first-order chi connectivity index (χ1) is 14.3. The fraction of sp³-hybridized carbons (Fsp3) is 0.227. The SMILES string of the molecule is CCS(=O)(=O)N(C)c1cc(OC)c(OC)cc1C(=O)Nc1cccc2ccccc12. The monoisotopic (exact) mass is 428 g/mol. The molecule has 0 heterocycles. The van der Waals surface area contributed by atoms with Crippen LogP contribution in [0.2, 0.25) is 0 Å². The highest BCUT2D eigenvalue weighted by Gasteiger charge is 2.25. The molecule has 0 saturated carbocycles. The molecule has 0 atom stereocenters. The summed E-state index contributed by atoms with van der Waals surface area (Å²) in [6, 6.07) is 16.2. The lowest BCUT2D eigenvalue weighted by Crippen LogP contribution is -2.30. The molecule has 0 aliphatic heterocycles. The molecule has 1 amide bonds. The van der Waals surface area contributed by atoms with E-state index in [-0.39, 0.29) is 17.0 Å². The lowest BCUT2D eigenvalue weighted by Gasteiger charge is -2.23. The molecule has 0 radical (unpaired) electrons. The highest BCUT2D eigenvalue weighted by atomic mass is 32.2. The Kier molecular flexibility index (Phi) is 6.17. The number of sulfonamides is 1. The lowest BCUT2D eigenvalue weighted by atomic mass is 10.1. The summed E-state index contributed by atoms with van der Waals surface area (Å²) in [6.45, 7) is 1.54. The summed E-state index contributed by atoms with van der Waals surface area (Å²) in [6.07, 6.45) is 0. The molecule has 0 unspecified atom stereocenters. The van der Waals surface area contributed by atoms with Gasteiger partial charge in [-0.25, -0.2) is 8.42 Å². The number of carbonyl (C=O) groups excluding carboxylic acids is 1. The highest BCUT2D eigenvalue weighted by molar-refractivity contribution is 7.92. The van der Waals surface area contributed by atoms with Gasteiger partial charge in [-0.2, -0.15) is 0 Å². The van der Waals surface area contributed by atoms with Gasteiger partial charge in [0.2, 0.25) is 10.0 Å². The number of methoxy groups -OCH3 is 2. The normalized spacial score (nSPS) is 11.2. The Morgan fingerprint density at radius 2 is 1.63 bits per heavy atom. The highest BCUT2D eigenvalue weighted by Crippen LogP contribution is 2.36. The van der Waals surface area contributed by atoms with E-state index in [4.69, 9.17) is 9.47 Å². The number of amides is 1. The number of anilines is 2. The molecule has 30 heavy (non-hydrogen) atoms. The van der Waals surface area contributed by atoms with Crippen LogP contribution in [0.5, 0.6) is 11.5 Å². The number of nitrogens with one attached hydrogen (secondary N) is 1. The van der Waals surface area contributed by atoms with Crippen LogP contribution in [0.25, 0.3) is 10.8 Å². The minimum absolute atomic E-state index is 0.109. The first-order valence-electron chi connectivity index (χ1n) is 9.34. The van der Waals surface area contributed by atoms with Crippen LogP contribution in [0.1, 0.15) is 17.3 Å². The van der Waals surface area contributed by atoms with Gasteiger partial charge in [0.1, 0.15) is 0 Å². The van der Waals surface area contributed by atoms with E-state index in [0.717, 1.165) is 15.1 Å². The van der Waals surface area contributed by atoms with Gasteiger partial charge in [0.25, 0.3) is 5.91 Å². The summed E-state index contributed by atoms with van der Waals surface area (Å²) in [5, 5.41) is 4.76. The van der Waals surface area contributed by atoms with Gasteiger partial charge >= 0.3 is 0 Å². The molecule has 158 valence electrons. The van der Waals surface area contributed by atoms with Gasteiger partial charge in [-0.15, -0.1) is 0 Å². The minimum Gasteiger partial charge on any atom is -0.493 e. The van der Waals surface area contributed by atoms with Crippen molar-refractivity contribution in [1.82, 2.24) is 0 Å². The van der Waals surface area contributed by atoms with E-state index in [2.05, 4.69) is 5.32 Å². The molecule has 3 aromatic rings. The second-order valence-electron chi connectivity index (χ2n) is 6.57. The van der Waals surface area contributed by atoms with Crippen LogP contribution in [0.3, 0.4) is 0 Å². The first kappa shape index (κ1) is 21.4. The zero-order valence-electron chi connectivity index (χ0n) is 17.3. The molecule has 0 aliphatic rings. The number of rotatable bonds is 7. The van der Waals surface area contributed by atoms with E-state index in [1.54, 1.807) is 13.0 Å². The van der Waals surface area contributed by atoms with Crippen molar-refractivity contribution in [3.63, 3.8) is 0 Å². The Morgan fingerprint density at radius 3 is 2.30 bits per heavy atom. The summed E-state index contributed by atoms with van der Waals surface area (Å²) < 4.78 is 36.7. The van der Waals surface area contributed by atoms with Crippen molar-refractivity contribution in [2.45, 2.75) is 6.92 Å². The molecule has 7 nitrogen and oxygen atoms in total. The fourth-order valence-electron chi connectivity index (χ4n) is 3.18. The maximum absolute atomic E-state index is 13.2. The molecule has 0 bridgehead atoms. The number of fused-ring (bicyclic) bond motifs is 1. The van der Waals surface area contributed by atoms with Crippen molar-refractivity contribution in [1.29, 1.82) is 0 Å². The molecule has 0 spiro atoms. The van der Waals surface area contributed by atoms with E-state index in [0.29, 0.717) is 17.2 Å². The van der Waals surface area contributed by atoms with E-state index < -0.39 is 15.9 Å². The summed E-state index contributed by atoms with van der Waals surface area (Å²) in [5.41, 5.74) is 0.979. The molecule has 3 rings (SSSR count). The van der Waals surface area contributed by atoms with Crippen LogP contribution in [-0.2, 0) is 10.0 Å². The second-order valence-corrected chi connectivity index (χ2v) is 8.86. The third kappa shape index (κ3) is 4.04. The molecule has 0 saturated heterocycles. The van der Waals surface area contributed by atoms with Crippen molar-refractivity contribution >= 4 is 38.1 Å². The van der Waals surface area contributed by atoms with E-state index in [9.17, 15) is 13.2 Å². The molecule has 0 fully saturated rings. The van der Waals surface area contributed by atoms with Crippen LogP contribution in [0.4, 0.5) is 11.4 Å². The molecule has 8 heteroatoms. The van der Waals surface area contributed by atoms with Crippen LogP contribution < -0.4 is 19.1 Å². The number of carbonyl (C=O) groups is 1. The third-order valence-electron chi connectivity index (χ3n) is 4.91. The quantitative estimate of drug-likeness (QED) is 0.617. The zero-order valence-corrected chi connectivity index (χ0v) is 18.1. The van der Waals surface area contributed by atoms with Gasteiger partial charge in [0.05, 0.1) is 31.2 Å². The largest absolute Gasteiger partial charge is 0.493 e. The van der Waals surface area contributed by atoms with Gasteiger partial charge in [-0.1, -0.05) is 36.4 Å². The van der Waals surface area contributed by atoms with Crippen molar-refractivity contribution in [2.24, 2.45) is 0 Å². The average Bonchev–Trinajstić information content (AvgIpc) is 2.77. The summed E-state index contributed by atoms with van der Waals surface area (Å²) in [5.74, 6) is 0.0850. The van der Waals surface area contributed by atoms with Gasteiger partial charge < -0.3 is 14.8 Å². The van der Waals surface area contributed by atoms with Gasteiger partial charge in [-0.3, -0.25) is 9.10 Å². The van der Waals surface area contributed by atoms with Crippen LogP contribution in [-0.4, -0.2) is 41.3 Å². The maximum Gasteiger partial charge on any atom is 0.257 e. The van der Waals surface area contributed by atoms with Crippen molar-refractivity contribution < 1.29 is 22.7 Å². The average molecular weight is 429 g/mol. The Labute approximate surface area is 176 Å². The molecule has 0 aromatic heterocycles. The number of ether oxygens (including phenoxy) is 2. The standard InChI is InChI=1S/C22H24N2O5S/c1-5-30(26,27)24(2)19-14-21(29-4)20(28-3)13-17(19)22(25)23-18-12-8-10-15-9-6-7-11-16(15)18/h6-14H,5H2,1-4H3,(H,23,25). The molecular formula is C22H24N2O5S. The number of hydrogen-bond acceptors (Lipinski definition) is 5. The molecule has 1 N–H and O–H groups in total. The second kappa shape index (κ2) is 8.62. The molecule has 0 aliphatic carbocycles. The van der Waals surface area contributed by atoms with Crippen molar-refractivity contribution in [2.75, 3.05) is 36.6 Å². The maximum atomic E-state index is 13.2. The Balaban J connectivity index is 2.12.